The quantitative estimate of drug-likeness (QED) is 0.506. The van der Waals surface area contributed by atoms with E-state index in [9.17, 15) is 20.1 Å². The zero-order valence-electron chi connectivity index (χ0n) is 8.97. The maximum Gasteiger partial charge on any atom is 0.251 e. The van der Waals surface area contributed by atoms with Crippen molar-refractivity contribution in [1.82, 2.24) is 4.98 Å². The molecule has 3 atom stereocenters. The van der Waals surface area contributed by atoms with Crippen molar-refractivity contribution < 1.29 is 15.3 Å². The molecule has 1 aliphatic rings. The monoisotopic (exact) mass is 225 g/mol. The lowest BCUT2D eigenvalue weighted by atomic mass is 9.75. The van der Waals surface area contributed by atoms with Crippen molar-refractivity contribution in [2.24, 2.45) is 0 Å². The van der Waals surface area contributed by atoms with Gasteiger partial charge < -0.3 is 20.3 Å². The number of fused-ring (bicyclic) bond motifs is 1. The molecule has 1 aromatic rings. The van der Waals surface area contributed by atoms with E-state index in [4.69, 9.17) is 0 Å². The second-order valence-electron chi connectivity index (χ2n) is 4.19. The average molecular weight is 225 g/mol. The lowest BCUT2D eigenvalue weighted by Gasteiger charge is -2.40. The zero-order chi connectivity index (χ0) is 11.9. The van der Waals surface area contributed by atoms with Gasteiger partial charge in [-0.25, -0.2) is 0 Å². The normalized spacial score (nSPS) is 33.5. The summed E-state index contributed by atoms with van der Waals surface area (Å²) in [5.41, 5.74) is -1.10. The van der Waals surface area contributed by atoms with E-state index >= 15 is 0 Å². The van der Waals surface area contributed by atoms with Gasteiger partial charge in [0.1, 0.15) is 11.7 Å². The summed E-state index contributed by atoms with van der Waals surface area (Å²) < 4.78 is 0. The molecule has 5 nitrogen and oxygen atoms in total. The fraction of sp³-hybridized carbons (Fsp3) is 0.545. The van der Waals surface area contributed by atoms with Gasteiger partial charge in [0.25, 0.3) is 5.56 Å². The van der Waals surface area contributed by atoms with Crippen LogP contribution in [0.2, 0.25) is 0 Å². The first-order chi connectivity index (χ1) is 7.50. The Morgan fingerprint density at radius 1 is 1.56 bits per heavy atom. The van der Waals surface area contributed by atoms with Crippen LogP contribution < -0.4 is 5.56 Å². The van der Waals surface area contributed by atoms with Gasteiger partial charge in [0.15, 0.2) is 0 Å². The number of rotatable bonds is 1. The van der Waals surface area contributed by atoms with E-state index in [1.807, 2.05) is 0 Å². The molecule has 0 fully saturated rings. The molecule has 2 rings (SSSR count). The highest BCUT2D eigenvalue weighted by Crippen LogP contribution is 2.36. The molecule has 0 aromatic carbocycles. The topological polar surface area (TPSA) is 93.5 Å². The highest BCUT2D eigenvalue weighted by Gasteiger charge is 2.46. The molecule has 88 valence electrons. The van der Waals surface area contributed by atoms with Gasteiger partial charge >= 0.3 is 0 Å². The van der Waals surface area contributed by atoms with Crippen LogP contribution in [-0.2, 0) is 12.0 Å². The molecule has 16 heavy (non-hydrogen) atoms. The maximum atomic E-state index is 11.6. The van der Waals surface area contributed by atoms with E-state index in [1.54, 1.807) is 13.0 Å². The van der Waals surface area contributed by atoms with Crippen LogP contribution in [-0.4, -0.2) is 32.5 Å². The highest BCUT2D eigenvalue weighted by atomic mass is 16.4. The summed E-state index contributed by atoms with van der Waals surface area (Å²) in [7, 11) is 0. The minimum atomic E-state index is -1.54. The summed E-state index contributed by atoms with van der Waals surface area (Å²) in [6, 6.07) is 1.58. The van der Waals surface area contributed by atoms with Crippen LogP contribution in [0.25, 0.3) is 0 Å². The van der Waals surface area contributed by atoms with Crippen LogP contribution in [0.1, 0.15) is 24.5 Å². The highest BCUT2D eigenvalue weighted by molar-refractivity contribution is 5.35. The first-order valence-electron chi connectivity index (χ1n) is 5.30. The summed E-state index contributed by atoms with van der Waals surface area (Å²) >= 11 is 0. The number of hydrogen-bond donors (Lipinski definition) is 4. The predicted molar refractivity (Wildman–Crippen MR) is 57.0 cm³/mol. The predicted octanol–water partition coefficient (Wildman–Crippen LogP) is -0.750. The van der Waals surface area contributed by atoms with Gasteiger partial charge in [-0.15, -0.1) is 0 Å². The molecule has 5 heteroatoms. The van der Waals surface area contributed by atoms with E-state index < -0.39 is 17.8 Å². The number of pyridine rings is 1. The van der Waals surface area contributed by atoms with Crippen LogP contribution in [0.3, 0.4) is 0 Å². The lowest BCUT2D eigenvalue weighted by molar-refractivity contribution is -0.140. The number of hydrogen-bond acceptors (Lipinski definition) is 4. The van der Waals surface area contributed by atoms with Crippen molar-refractivity contribution in [2.45, 2.75) is 37.6 Å². The standard InChI is InChI=1S/C11H15NO4/c1-2-11(16)7-3-4-12-10(15)6(7)5-8(13)9(11)14/h3-4,8-9,13-14,16H,2,5H2,1H3,(H,12,15)/t8-,9-,11-/m1/s1. The second kappa shape index (κ2) is 3.69. The largest absolute Gasteiger partial charge is 0.390 e. The van der Waals surface area contributed by atoms with Crippen molar-refractivity contribution in [1.29, 1.82) is 0 Å². The molecule has 0 radical (unpaired) electrons. The third kappa shape index (κ3) is 1.40. The molecule has 0 amide bonds. The van der Waals surface area contributed by atoms with E-state index in [2.05, 4.69) is 4.98 Å². The van der Waals surface area contributed by atoms with Gasteiger partial charge in [0.2, 0.25) is 0 Å². The minimum Gasteiger partial charge on any atom is -0.390 e. The molecule has 1 aromatic heterocycles. The van der Waals surface area contributed by atoms with Gasteiger partial charge in [-0.05, 0) is 18.1 Å². The van der Waals surface area contributed by atoms with Crippen molar-refractivity contribution in [3.05, 3.63) is 33.7 Å². The van der Waals surface area contributed by atoms with Gasteiger partial charge in [-0.1, -0.05) is 6.92 Å². The van der Waals surface area contributed by atoms with Crippen LogP contribution in [0.4, 0.5) is 0 Å². The molecule has 1 heterocycles. The fourth-order valence-corrected chi connectivity index (χ4v) is 2.32. The van der Waals surface area contributed by atoms with E-state index in [0.29, 0.717) is 11.1 Å². The van der Waals surface area contributed by atoms with E-state index in [1.165, 1.54) is 6.20 Å². The van der Waals surface area contributed by atoms with Crippen molar-refractivity contribution in [2.75, 3.05) is 0 Å². The Bertz CT molecular complexity index is 456. The maximum absolute atomic E-state index is 11.6. The zero-order valence-corrected chi connectivity index (χ0v) is 8.97. The Morgan fingerprint density at radius 2 is 2.25 bits per heavy atom. The Labute approximate surface area is 92.4 Å². The Balaban J connectivity index is 2.66. The van der Waals surface area contributed by atoms with Gasteiger partial charge in [-0.2, -0.15) is 0 Å². The van der Waals surface area contributed by atoms with Crippen LogP contribution in [0.15, 0.2) is 17.1 Å². The number of nitrogens with one attached hydrogen (secondary N) is 1. The second-order valence-corrected chi connectivity index (χ2v) is 4.19. The van der Waals surface area contributed by atoms with Crippen LogP contribution in [0, 0.1) is 0 Å². The molecular weight excluding hydrogens is 210 g/mol. The molecule has 0 bridgehead atoms. The minimum absolute atomic E-state index is 0.0645. The summed E-state index contributed by atoms with van der Waals surface area (Å²) in [6.45, 7) is 1.70. The first-order valence-corrected chi connectivity index (χ1v) is 5.30. The first kappa shape index (κ1) is 11.3. The molecule has 0 spiro atoms. The van der Waals surface area contributed by atoms with E-state index in [-0.39, 0.29) is 18.4 Å². The Hall–Kier alpha value is -1.17. The number of aliphatic hydroxyl groups is 3. The third-order valence-electron chi connectivity index (χ3n) is 3.34. The molecule has 0 unspecified atom stereocenters. The lowest BCUT2D eigenvalue weighted by Crippen LogP contribution is -2.52. The summed E-state index contributed by atoms with van der Waals surface area (Å²) in [5, 5.41) is 29.8. The van der Waals surface area contributed by atoms with Crippen LogP contribution >= 0.6 is 0 Å². The Morgan fingerprint density at radius 3 is 2.88 bits per heavy atom. The molecule has 1 aliphatic carbocycles. The third-order valence-corrected chi connectivity index (χ3v) is 3.34. The number of H-pyrrole nitrogens is 1. The van der Waals surface area contributed by atoms with Gasteiger partial charge in [0.05, 0.1) is 6.10 Å². The average Bonchev–Trinajstić information content (AvgIpc) is 2.28. The molecule has 0 aliphatic heterocycles. The molecule has 0 saturated heterocycles. The number of aromatic nitrogens is 1. The fourth-order valence-electron chi connectivity index (χ4n) is 2.32. The molecule has 4 N–H and O–H groups in total. The number of aliphatic hydroxyl groups excluding tert-OH is 2. The summed E-state index contributed by atoms with van der Waals surface area (Å²) in [6.07, 6.45) is -0.629. The van der Waals surface area contributed by atoms with Crippen molar-refractivity contribution in [3.63, 3.8) is 0 Å². The van der Waals surface area contributed by atoms with Crippen molar-refractivity contribution >= 4 is 0 Å². The SMILES string of the molecule is CC[C@@]1(O)c2cc[nH]c(=O)c2C[C@@H](O)[C@H]1O. The van der Waals surface area contributed by atoms with Crippen molar-refractivity contribution in [3.8, 4) is 0 Å². The summed E-state index contributed by atoms with van der Waals surface area (Å²) in [5.74, 6) is 0. The number of aromatic amines is 1. The van der Waals surface area contributed by atoms with Gasteiger partial charge in [0, 0.05) is 18.2 Å². The molecular formula is C11H15NO4. The smallest absolute Gasteiger partial charge is 0.251 e. The Kier molecular flexibility index (Phi) is 2.61. The van der Waals surface area contributed by atoms with E-state index in [0.717, 1.165) is 0 Å². The molecule has 0 saturated carbocycles. The summed E-state index contributed by atoms with van der Waals surface area (Å²) in [4.78, 5) is 14.1. The van der Waals surface area contributed by atoms with Gasteiger partial charge in [-0.3, -0.25) is 4.79 Å². The van der Waals surface area contributed by atoms with Crippen LogP contribution in [0.5, 0.6) is 0 Å².